The Morgan fingerprint density at radius 2 is 1.53 bits per heavy atom. The molecule has 0 heterocycles. The second kappa shape index (κ2) is 4.86. The third kappa shape index (κ3) is 2.31. The molecular weight excluding hydrogens is 198 g/mol. The fourth-order valence-electron chi connectivity index (χ4n) is 1.32. The molecule has 84 valence electrons. The van der Waals surface area contributed by atoms with Gasteiger partial charge in [-0.1, -0.05) is 0 Å². The van der Waals surface area contributed by atoms with Crippen LogP contribution in [0.5, 0.6) is 17.2 Å². The number of nitrogens with two attached hydrogens (primary N) is 1. The number of benzene rings is 1. The summed E-state index contributed by atoms with van der Waals surface area (Å²) in [6.45, 7) is 0. The lowest BCUT2D eigenvalue weighted by molar-refractivity contribution is 0.176. The largest absolute Gasteiger partial charge is 0.496 e. The highest BCUT2D eigenvalue weighted by molar-refractivity contribution is 5.51. The van der Waals surface area contributed by atoms with Crippen LogP contribution in [-0.2, 0) is 0 Å². The summed E-state index contributed by atoms with van der Waals surface area (Å²) in [4.78, 5) is 0. The van der Waals surface area contributed by atoms with Gasteiger partial charge in [-0.05, 0) is 0 Å². The molecule has 1 unspecified atom stereocenters. The molecule has 5 nitrogen and oxygen atoms in total. The number of aliphatic hydroxyl groups is 1. The van der Waals surface area contributed by atoms with Crippen LogP contribution in [0.1, 0.15) is 11.8 Å². The van der Waals surface area contributed by atoms with Gasteiger partial charge in [0.1, 0.15) is 23.5 Å². The minimum absolute atomic E-state index is 0.404. The molecule has 0 amide bonds. The highest BCUT2D eigenvalue weighted by Crippen LogP contribution is 2.36. The fraction of sp³-hybridized carbons (Fsp3) is 0.400. The molecule has 1 aromatic carbocycles. The van der Waals surface area contributed by atoms with E-state index >= 15 is 0 Å². The Morgan fingerprint density at radius 3 is 1.80 bits per heavy atom. The molecule has 1 rings (SSSR count). The molecule has 1 atom stereocenters. The monoisotopic (exact) mass is 213 g/mol. The Labute approximate surface area is 88.4 Å². The van der Waals surface area contributed by atoms with Crippen LogP contribution in [0, 0.1) is 0 Å². The van der Waals surface area contributed by atoms with Crippen LogP contribution in [0.2, 0.25) is 0 Å². The van der Waals surface area contributed by atoms with Gasteiger partial charge in [-0.2, -0.15) is 0 Å². The highest BCUT2D eigenvalue weighted by Gasteiger charge is 2.17. The summed E-state index contributed by atoms with van der Waals surface area (Å²) in [5, 5.41) is 9.39. The summed E-state index contributed by atoms with van der Waals surface area (Å²) >= 11 is 0. The lowest BCUT2D eigenvalue weighted by Crippen LogP contribution is -2.12. The van der Waals surface area contributed by atoms with Crippen molar-refractivity contribution in [1.29, 1.82) is 0 Å². The molecule has 5 heteroatoms. The first-order valence-electron chi connectivity index (χ1n) is 4.37. The van der Waals surface area contributed by atoms with Gasteiger partial charge in [0.2, 0.25) is 0 Å². The van der Waals surface area contributed by atoms with Crippen molar-refractivity contribution < 1.29 is 19.3 Å². The molecule has 0 aliphatic rings. The molecule has 3 N–H and O–H groups in total. The lowest BCUT2D eigenvalue weighted by Gasteiger charge is -2.16. The number of rotatable bonds is 4. The minimum Gasteiger partial charge on any atom is -0.496 e. The summed E-state index contributed by atoms with van der Waals surface area (Å²) in [6.07, 6.45) is -1.15. The van der Waals surface area contributed by atoms with Crippen molar-refractivity contribution in [2.24, 2.45) is 5.73 Å². The Kier molecular flexibility index (Phi) is 3.76. The first-order chi connectivity index (χ1) is 7.13. The van der Waals surface area contributed by atoms with Crippen LogP contribution in [0.4, 0.5) is 0 Å². The maximum atomic E-state index is 9.39. The van der Waals surface area contributed by atoms with Gasteiger partial charge in [-0.15, -0.1) is 0 Å². The van der Waals surface area contributed by atoms with E-state index in [0.29, 0.717) is 22.8 Å². The van der Waals surface area contributed by atoms with Crippen LogP contribution in [0.25, 0.3) is 0 Å². The first kappa shape index (κ1) is 11.6. The SMILES string of the molecule is COc1cc(OC)c(C(N)O)c(OC)c1. The van der Waals surface area contributed by atoms with Crippen LogP contribution >= 0.6 is 0 Å². The van der Waals surface area contributed by atoms with Crippen molar-refractivity contribution in [1.82, 2.24) is 0 Å². The zero-order valence-corrected chi connectivity index (χ0v) is 8.98. The van der Waals surface area contributed by atoms with Gasteiger partial charge < -0.3 is 25.1 Å². The molecular formula is C10H15NO4. The van der Waals surface area contributed by atoms with Crippen molar-refractivity contribution in [3.8, 4) is 17.2 Å². The Balaban J connectivity index is 3.32. The normalized spacial score (nSPS) is 12.1. The molecule has 0 aromatic heterocycles. The number of ether oxygens (including phenoxy) is 3. The zero-order chi connectivity index (χ0) is 11.4. The highest BCUT2D eigenvalue weighted by atomic mass is 16.5. The van der Waals surface area contributed by atoms with Crippen LogP contribution in [0.3, 0.4) is 0 Å². The Bertz CT molecular complexity index is 313. The predicted molar refractivity (Wildman–Crippen MR) is 55.2 cm³/mol. The maximum absolute atomic E-state index is 9.39. The third-order valence-electron chi connectivity index (χ3n) is 2.05. The van der Waals surface area contributed by atoms with E-state index in [1.807, 2.05) is 0 Å². The molecule has 0 saturated carbocycles. The van der Waals surface area contributed by atoms with Crippen molar-refractivity contribution in [3.05, 3.63) is 17.7 Å². The summed E-state index contributed by atoms with van der Waals surface area (Å²) < 4.78 is 15.2. The zero-order valence-electron chi connectivity index (χ0n) is 8.98. The molecule has 0 aliphatic heterocycles. The number of hydrogen-bond donors (Lipinski definition) is 2. The molecule has 0 fully saturated rings. The van der Waals surface area contributed by atoms with Crippen LogP contribution in [-0.4, -0.2) is 26.4 Å². The molecule has 0 spiro atoms. The second-order valence-electron chi connectivity index (χ2n) is 2.89. The molecule has 0 radical (unpaired) electrons. The van der Waals surface area contributed by atoms with E-state index in [1.165, 1.54) is 21.3 Å². The van der Waals surface area contributed by atoms with Crippen LogP contribution in [0.15, 0.2) is 12.1 Å². The molecule has 0 aliphatic carbocycles. The van der Waals surface area contributed by atoms with E-state index < -0.39 is 6.23 Å². The lowest BCUT2D eigenvalue weighted by atomic mass is 10.1. The Morgan fingerprint density at radius 1 is 1.07 bits per heavy atom. The number of hydrogen-bond acceptors (Lipinski definition) is 5. The van der Waals surface area contributed by atoms with Crippen molar-refractivity contribution in [3.63, 3.8) is 0 Å². The van der Waals surface area contributed by atoms with Gasteiger partial charge in [0.05, 0.1) is 26.9 Å². The quantitative estimate of drug-likeness (QED) is 0.719. The van der Waals surface area contributed by atoms with E-state index in [4.69, 9.17) is 19.9 Å². The third-order valence-corrected chi connectivity index (χ3v) is 2.05. The summed E-state index contributed by atoms with van der Waals surface area (Å²) in [5.74, 6) is 1.44. The van der Waals surface area contributed by atoms with Gasteiger partial charge in [0.15, 0.2) is 0 Å². The van der Waals surface area contributed by atoms with E-state index in [1.54, 1.807) is 12.1 Å². The average Bonchev–Trinajstić information content (AvgIpc) is 2.26. The topological polar surface area (TPSA) is 73.9 Å². The minimum atomic E-state index is -1.15. The summed E-state index contributed by atoms with van der Waals surface area (Å²) in [7, 11) is 4.51. The molecule has 0 bridgehead atoms. The number of methoxy groups -OCH3 is 3. The van der Waals surface area contributed by atoms with Gasteiger partial charge in [0, 0.05) is 12.1 Å². The van der Waals surface area contributed by atoms with Crippen molar-refractivity contribution >= 4 is 0 Å². The fourth-order valence-corrected chi connectivity index (χ4v) is 1.32. The van der Waals surface area contributed by atoms with E-state index in [-0.39, 0.29) is 0 Å². The summed E-state index contributed by atoms with van der Waals surface area (Å²) in [5.41, 5.74) is 5.82. The summed E-state index contributed by atoms with van der Waals surface area (Å²) in [6, 6.07) is 3.27. The van der Waals surface area contributed by atoms with Gasteiger partial charge >= 0.3 is 0 Å². The first-order valence-corrected chi connectivity index (χ1v) is 4.37. The number of aliphatic hydroxyl groups excluding tert-OH is 1. The Hall–Kier alpha value is -1.46. The molecule has 15 heavy (non-hydrogen) atoms. The van der Waals surface area contributed by atoms with Crippen molar-refractivity contribution in [2.45, 2.75) is 6.23 Å². The van der Waals surface area contributed by atoms with Crippen molar-refractivity contribution in [2.75, 3.05) is 21.3 Å². The van der Waals surface area contributed by atoms with E-state index in [0.717, 1.165) is 0 Å². The predicted octanol–water partition coefficient (Wildman–Crippen LogP) is 0.662. The maximum Gasteiger partial charge on any atom is 0.135 e. The molecule has 1 aromatic rings. The van der Waals surface area contributed by atoms with Crippen LogP contribution < -0.4 is 19.9 Å². The smallest absolute Gasteiger partial charge is 0.135 e. The standard InChI is InChI=1S/C10H15NO4/c1-13-6-4-7(14-2)9(10(11)12)8(5-6)15-3/h4-5,10,12H,11H2,1-3H3. The van der Waals surface area contributed by atoms with Gasteiger partial charge in [-0.25, -0.2) is 0 Å². The second-order valence-corrected chi connectivity index (χ2v) is 2.89. The van der Waals surface area contributed by atoms with E-state index in [9.17, 15) is 5.11 Å². The van der Waals surface area contributed by atoms with Gasteiger partial charge in [0.25, 0.3) is 0 Å². The molecule has 0 saturated heterocycles. The van der Waals surface area contributed by atoms with Gasteiger partial charge in [-0.3, -0.25) is 0 Å². The average molecular weight is 213 g/mol. The van der Waals surface area contributed by atoms with E-state index in [2.05, 4.69) is 0 Å².